The van der Waals surface area contributed by atoms with E-state index in [0.29, 0.717) is 24.8 Å². The summed E-state index contributed by atoms with van der Waals surface area (Å²) in [6.45, 7) is -1.76. The van der Waals surface area contributed by atoms with E-state index < -0.39 is 12.5 Å². The highest BCUT2D eigenvalue weighted by Crippen LogP contribution is 2.16. The summed E-state index contributed by atoms with van der Waals surface area (Å²) < 4.78 is 34.1. The molecule has 0 atom stereocenters. The van der Waals surface area contributed by atoms with Crippen LogP contribution in [0.3, 0.4) is 0 Å². The minimum atomic E-state index is -2.83. The smallest absolute Gasteiger partial charge is 0.387 e. The van der Waals surface area contributed by atoms with Crippen LogP contribution in [0.4, 0.5) is 8.78 Å². The summed E-state index contributed by atoms with van der Waals surface area (Å²) in [4.78, 5) is 16.9. The molecule has 0 saturated carbocycles. The Balaban J connectivity index is 1.80. The number of nitrogens with zero attached hydrogens (tertiary/aromatic N) is 2. The molecule has 2 rings (SSSR count). The lowest BCUT2D eigenvalue weighted by Gasteiger charge is -2.22. The van der Waals surface area contributed by atoms with Crippen LogP contribution in [0.15, 0.2) is 53.5 Å². The third-order valence-electron chi connectivity index (χ3n) is 4.14. The molecule has 0 aliphatic rings. The molecule has 162 valence electrons. The number of nitrogens with two attached hydrogens (primary N) is 1. The third kappa shape index (κ3) is 7.94. The average Bonchev–Trinajstić information content (AvgIpc) is 2.71. The van der Waals surface area contributed by atoms with Gasteiger partial charge in [-0.3, -0.25) is 9.79 Å². The Morgan fingerprint density at radius 2 is 1.70 bits per heavy atom. The number of primary amides is 1. The fourth-order valence-corrected chi connectivity index (χ4v) is 2.74. The highest BCUT2D eigenvalue weighted by atomic mass is 19.3. The summed E-state index contributed by atoms with van der Waals surface area (Å²) in [6.07, 6.45) is 0.766. The number of guanidine groups is 1. The molecule has 0 spiro atoms. The molecule has 0 saturated heterocycles. The predicted molar refractivity (Wildman–Crippen MR) is 111 cm³/mol. The molecule has 3 N–H and O–H groups in total. The van der Waals surface area contributed by atoms with E-state index in [1.165, 1.54) is 12.1 Å². The van der Waals surface area contributed by atoms with Crippen molar-refractivity contribution in [1.82, 2.24) is 10.2 Å². The lowest BCUT2D eigenvalue weighted by atomic mass is 10.1. The topological polar surface area (TPSA) is 89.2 Å². The van der Waals surface area contributed by atoms with Gasteiger partial charge in [-0.2, -0.15) is 8.78 Å². The van der Waals surface area contributed by atoms with Crippen LogP contribution in [0.1, 0.15) is 11.1 Å². The molecule has 0 aliphatic heterocycles. The van der Waals surface area contributed by atoms with Crippen molar-refractivity contribution < 1.29 is 23.0 Å². The monoisotopic (exact) mass is 420 g/mol. The van der Waals surface area contributed by atoms with Gasteiger partial charge in [0.25, 0.3) is 5.91 Å². The number of alkyl halides is 2. The molecule has 7 nitrogen and oxygen atoms in total. The molecule has 0 unspecified atom stereocenters. The first kappa shape index (κ1) is 22.9. The van der Waals surface area contributed by atoms with Crippen LogP contribution in [-0.4, -0.2) is 50.6 Å². The maximum atomic E-state index is 12.2. The van der Waals surface area contributed by atoms with Gasteiger partial charge in [0.2, 0.25) is 0 Å². The van der Waals surface area contributed by atoms with Gasteiger partial charge in [-0.25, -0.2) is 0 Å². The highest BCUT2D eigenvalue weighted by Gasteiger charge is 2.08. The van der Waals surface area contributed by atoms with Gasteiger partial charge in [0.05, 0.1) is 0 Å². The van der Waals surface area contributed by atoms with Gasteiger partial charge in [0.15, 0.2) is 12.6 Å². The van der Waals surface area contributed by atoms with Crippen molar-refractivity contribution in [3.63, 3.8) is 0 Å². The third-order valence-corrected chi connectivity index (χ3v) is 4.14. The molecule has 30 heavy (non-hydrogen) atoms. The van der Waals surface area contributed by atoms with E-state index in [-0.39, 0.29) is 12.4 Å². The molecule has 0 bridgehead atoms. The summed E-state index contributed by atoms with van der Waals surface area (Å²) in [6, 6.07) is 13.9. The number of aliphatic imine (C=N–C) groups is 1. The Kier molecular flexibility index (Phi) is 8.86. The first-order valence-electron chi connectivity index (χ1n) is 9.33. The van der Waals surface area contributed by atoms with Gasteiger partial charge in [-0.15, -0.1) is 0 Å². The van der Waals surface area contributed by atoms with Crippen molar-refractivity contribution in [1.29, 1.82) is 0 Å². The van der Waals surface area contributed by atoms with Crippen molar-refractivity contribution in [2.45, 2.75) is 19.6 Å². The normalized spacial score (nSPS) is 11.3. The minimum Gasteiger partial charge on any atom is -0.484 e. The molecule has 1 amide bonds. The zero-order chi connectivity index (χ0) is 21.9. The van der Waals surface area contributed by atoms with Crippen LogP contribution in [0.2, 0.25) is 0 Å². The van der Waals surface area contributed by atoms with Gasteiger partial charge in [0.1, 0.15) is 11.5 Å². The molecule has 0 fully saturated rings. The van der Waals surface area contributed by atoms with Gasteiger partial charge in [-0.1, -0.05) is 24.3 Å². The number of hydrogen-bond donors (Lipinski definition) is 2. The number of carbonyl (C=O) groups is 1. The standard InChI is InChI=1S/C21H26F2N4O3/c1-25-21(27(2)13-16-5-9-18(10-6-16)30-20(22)23)26-12-11-15-3-7-17(8-4-15)29-14-19(24)28/h3-10,20H,11-14H2,1-2H3,(H2,24,28)(H,25,26). The quantitative estimate of drug-likeness (QED) is 0.455. The average molecular weight is 420 g/mol. The first-order valence-corrected chi connectivity index (χ1v) is 9.33. The number of halogens is 2. The van der Waals surface area contributed by atoms with Crippen molar-refractivity contribution in [3.05, 3.63) is 59.7 Å². The van der Waals surface area contributed by atoms with E-state index in [1.54, 1.807) is 31.3 Å². The van der Waals surface area contributed by atoms with Gasteiger partial charge in [0, 0.05) is 27.2 Å². The maximum absolute atomic E-state index is 12.2. The van der Waals surface area contributed by atoms with Crippen LogP contribution < -0.4 is 20.5 Å². The van der Waals surface area contributed by atoms with Crippen molar-refractivity contribution in [2.24, 2.45) is 10.7 Å². The van der Waals surface area contributed by atoms with Gasteiger partial charge in [-0.05, 0) is 41.8 Å². The predicted octanol–water partition coefficient (Wildman–Crippen LogP) is 2.40. The van der Waals surface area contributed by atoms with E-state index in [2.05, 4.69) is 15.0 Å². The highest BCUT2D eigenvalue weighted by molar-refractivity contribution is 5.79. The maximum Gasteiger partial charge on any atom is 0.387 e. The minimum absolute atomic E-state index is 0.130. The largest absolute Gasteiger partial charge is 0.484 e. The number of benzene rings is 2. The fourth-order valence-electron chi connectivity index (χ4n) is 2.74. The van der Waals surface area contributed by atoms with Crippen LogP contribution >= 0.6 is 0 Å². The Labute approximate surface area is 174 Å². The molecule has 0 heterocycles. The number of amides is 1. The van der Waals surface area contributed by atoms with Crippen LogP contribution in [0.5, 0.6) is 11.5 Å². The Morgan fingerprint density at radius 1 is 1.10 bits per heavy atom. The van der Waals surface area contributed by atoms with E-state index in [9.17, 15) is 13.6 Å². The van der Waals surface area contributed by atoms with E-state index in [1.807, 2.05) is 24.1 Å². The summed E-state index contributed by atoms with van der Waals surface area (Å²) in [5, 5.41) is 3.29. The first-order chi connectivity index (χ1) is 14.4. The zero-order valence-corrected chi connectivity index (χ0v) is 17.0. The summed E-state index contributed by atoms with van der Waals surface area (Å²) in [7, 11) is 3.59. The van der Waals surface area contributed by atoms with Crippen LogP contribution in [-0.2, 0) is 17.8 Å². The Hall–Kier alpha value is -3.36. The number of nitrogens with one attached hydrogen (secondary N) is 1. The van der Waals surface area contributed by atoms with Crippen LogP contribution in [0.25, 0.3) is 0 Å². The molecule has 2 aromatic rings. The van der Waals surface area contributed by atoms with Gasteiger partial charge >= 0.3 is 6.61 Å². The van der Waals surface area contributed by atoms with E-state index in [4.69, 9.17) is 10.5 Å². The molecule has 2 aromatic carbocycles. The number of rotatable bonds is 10. The zero-order valence-electron chi connectivity index (χ0n) is 17.0. The number of hydrogen-bond acceptors (Lipinski definition) is 4. The molecular weight excluding hydrogens is 394 g/mol. The molecular formula is C21H26F2N4O3. The van der Waals surface area contributed by atoms with Crippen molar-refractivity contribution >= 4 is 11.9 Å². The second-order valence-corrected chi connectivity index (χ2v) is 6.50. The molecule has 9 heteroatoms. The number of carbonyl (C=O) groups excluding carboxylic acids is 1. The number of ether oxygens (including phenoxy) is 2. The van der Waals surface area contributed by atoms with E-state index in [0.717, 1.165) is 17.5 Å². The molecule has 0 aromatic heterocycles. The lowest BCUT2D eigenvalue weighted by Crippen LogP contribution is -2.39. The molecule has 0 aliphatic carbocycles. The van der Waals surface area contributed by atoms with Crippen molar-refractivity contribution in [2.75, 3.05) is 27.2 Å². The van der Waals surface area contributed by atoms with Gasteiger partial charge < -0.3 is 25.4 Å². The second-order valence-electron chi connectivity index (χ2n) is 6.50. The second kappa shape index (κ2) is 11.6. The summed E-state index contributed by atoms with van der Waals surface area (Å²) in [5.74, 6) is 0.913. The SMILES string of the molecule is CN=C(NCCc1ccc(OCC(N)=O)cc1)N(C)Cc1ccc(OC(F)F)cc1. The summed E-state index contributed by atoms with van der Waals surface area (Å²) >= 11 is 0. The fraction of sp³-hybridized carbons (Fsp3) is 0.333. The van der Waals surface area contributed by atoms with Crippen molar-refractivity contribution in [3.8, 4) is 11.5 Å². The molecule has 0 radical (unpaired) electrons. The Morgan fingerprint density at radius 3 is 2.27 bits per heavy atom. The Bertz CT molecular complexity index is 827. The van der Waals surface area contributed by atoms with Crippen LogP contribution in [0, 0.1) is 0 Å². The van der Waals surface area contributed by atoms with E-state index >= 15 is 0 Å². The lowest BCUT2D eigenvalue weighted by molar-refractivity contribution is -0.119. The summed E-state index contributed by atoms with van der Waals surface area (Å²) in [5.41, 5.74) is 7.09.